The standard InChI is InChI=1S/C7H7BrO4/c8-7(12)2-1-4(6(10)11)5(9)3-7/h1-2,9,12H,3H2,(H,10,11). The molecule has 0 spiro atoms. The molecule has 4 nitrogen and oxygen atoms in total. The molecule has 0 fully saturated rings. The SMILES string of the molecule is O=C(O)C1=C(O)CC(O)(Br)C=C1. The fourth-order valence-electron chi connectivity index (χ4n) is 0.891. The maximum atomic E-state index is 10.4. The van der Waals surface area contributed by atoms with Crippen molar-refractivity contribution in [1.29, 1.82) is 0 Å². The number of rotatable bonds is 1. The van der Waals surface area contributed by atoms with Crippen LogP contribution < -0.4 is 0 Å². The zero-order chi connectivity index (χ0) is 9.35. The lowest BCUT2D eigenvalue weighted by Crippen LogP contribution is -2.22. The number of aliphatic carboxylic acids is 1. The number of aliphatic hydroxyl groups is 2. The van der Waals surface area contributed by atoms with Crippen molar-refractivity contribution in [3.8, 4) is 0 Å². The van der Waals surface area contributed by atoms with Gasteiger partial charge in [0, 0.05) is 6.42 Å². The minimum Gasteiger partial charge on any atom is -0.511 e. The molecule has 12 heavy (non-hydrogen) atoms. The van der Waals surface area contributed by atoms with E-state index < -0.39 is 10.5 Å². The van der Waals surface area contributed by atoms with Crippen LogP contribution >= 0.6 is 15.9 Å². The van der Waals surface area contributed by atoms with Crippen molar-refractivity contribution in [3.05, 3.63) is 23.5 Å². The Labute approximate surface area is 77.0 Å². The van der Waals surface area contributed by atoms with Gasteiger partial charge >= 0.3 is 5.97 Å². The minimum atomic E-state index is -1.32. The number of alkyl halides is 1. The monoisotopic (exact) mass is 234 g/mol. The molecule has 0 bridgehead atoms. The second-order valence-corrected chi connectivity index (χ2v) is 3.87. The van der Waals surface area contributed by atoms with Crippen LogP contribution in [0.25, 0.3) is 0 Å². The van der Waals surface area contributed by atoms with E-state index in [4.69, 9.17) is 10.2 Å². The lowest BCUT2D eigenvalue weighted by molar-refractivity contribution is -0.132. The Morgan fingerprint density at radius 3 is 2.67 bits per heavy atom. The number of carboxylic acid groups (broad SMARTS) is 1. The van der Waals surface area contributed by atoms with Crippen LogP contribution in [0.15, 0.2) is 23.5 Å². The molecule has 1 aliphatic carbocycles. The average molecular weight is 235 g/mol. The van der Waals surface area contributed by atoms with Gasteiger partial charge in [-0.05, 0) is 28.1 Å². The third-order valence-corrected chi connectivity index (χ3v) is 2.01. The Hall–Kier alpha value is -0.810. The van der Waals surface area contributed by atoms with E-state index in [-0.39, 0.29) is 17.8 Å². The molecule has 0 aliphatic heterocycles. The summed E-state index contributed by atoms with van der Waals surface area (Å²) in [5.74, 6) is -1.53. The fraction of sp³-hybridized carbons (Fsp3) is 0.286. The van der Waals surface area contributed by atoms with E-state index in [9.17, 15) is 9.90 Å². The Kier molecular flexibility index (Phi) is 2.25. The Morgan fingerprint density at radius 1 is 1.67 bits per heavy atom. The molecule has 0 aromatic carbocycles. The highest BCUT2D eigenvalue weighted by Gasteiger charge is 2.28. The first-order valence-electron chi connectivity index (χ1n) is 3.18. The van der Waals surface area contributed by atoms with Gasteiger partial charge in [0.25, 0.3) is 0 Å². The van der Waals surface area contributed by atoms with Crippen molar-refractivity contribution in [3.63, 3.8) is 0 Å². The van der Waals surface area contributed by atoms with E-state index in [1.807, 2.05) is 0 Å². The maximum absolute atomic E-state index is 10.4. The Morgan fingerprint density at radius 2 is 2.25 bits per heavy atom. The summed E-state index contributed by atoms with van der Waals surface area (Å²) in [6.07, 6.45) is 2.30. The molecular weight excluding hydrogens is 228 g/mol. The molecule has 0 heterocycles. The maximum Gasteiger partial charge on any atom is 0.339 e. The molecule has 1 unspecified atom stereocenters. The highest BCUT2D eigenvalue weighted by Crippen LogP contribution is 2.30. The third kappa shape index (κ3) is 1.86. The van der Waals surface area contributed by atoms with Gasteiger partial charge in [0.1, 0.15) is 10.3 Å². The topological polar surface area (TPSA) is 77.8 Å². The van der Waals surface area contributed by atoms with Gasteiger partial charge in [0.2, 0.25) is 0 Å². The summed E-state index contributed by atoms with van der Waals surface area (Å²) < 4.78 is -1.32. The van der Waals surface area contributed by atoms with Crippen LogP contribution in [-0.4, -0.2) is 25.8 Å². The van der Waals surface area contributed by atoms with Crippen LogP contribution in [-0.2, 0) is 4.79 Å². The molecule has 0 radical (unpaired) electrons. The molecule has 0 saturated heterocycles. The van der Waals surface area contributed by atoms with Gasteiger partial charge in [-0.15, -0.1) is 0 Å². The fourth-order valence-corrected chi connectivity index (χ4v) is 1.29. The normalized spacial score (nSPS) is 29.2. The summed E-state index contributed by atoms with van der Waals surface area (Å²) in [5.41, 5.74) is -0.181. The predicted octanol–water partition coefficient (Wildman–Crippen LogP) is 0.927. The number of carboxylic acids is 1. The van der Waals surface area contributed by atoms with Gasteiger partial charge < -0.3 is 15.3 Å². The summed E-state index contributed by atoms with van der Waals surface area (Å²) in [7, 11) is 0. The van der Waals surface area contributed by atoms with Gasteiger partial charge in [0.15, 0.2) is 0 Å². The molecule has 5 heteroatoms. The van der Waals surface area contributed by atoms with Crippen LogP contribution in [0.3, 0.4) is 0 Å². The molecule has 0 aromatic heterocycles. The molecule has 3 N–H and O–H groups in total. The molecule has 1 atom stereocenters. The quantitative estimate of drug-likeness (QED) is 0.590. The second kappa shape index (κ2) is 2.91. The third-order valence-electron chi connectivity index (χ3n) is 1.46. The molecule has 66 valence electrons. The first-order valence-corrected chi connectivity index (χ1v) is 3.97. The van der Waals surface area contributed by atoms with Crippen molar-refractivity contribution in [1.82, 2.24) is 0 Å². The molecule has 0 amide bonds. The smallest absolute Gasteiger partial charge is 0.339 e. The first-order chi connectivity index (χ1) is 5.42. The van der Waals surface area contributed by atoms with Gasteiger partial charge in [-0.1, -0.05) is 0 Å². The zero-order valence-corrected chi connectivity index (χ0v) is 7.58. The van der Waals surface area contributed by atoms with Crippen LogP contribution in [0.5, 0.6) is 0 Å². The summed E-state index contributed by atoms with van der Waals surface area (Å²) in [4.78, 5) is 10.4. The van der Waals surface area contributed by atoms with E-state index >= 15 is 0 Å². The second-order valence-electron chi connectivity index (χ2n) is 2.49. The molecule has 1 rings (SSSR count). The van der Waals surface area contributed by atoms with Gasteiger partial charge in [-0.25, -0.2) is 4.79 Å². The highest BCUT2D eigenvalue weighted by molar-refractivity contribution is 9.10. The Balaban J connectivity index is 2.95. The summed E-state index contributed by atoms with van der Waals surface area (Å²) in [6.45, 7) is 0. The molecule has 0 aromatic rings. The van der Waals surface area contributed by atoms with Gasteiger partial charge in [0.05, 0.1) is 5.57 Å². The van der Waals surface area contributed by atoms with Crippen molar-refractivity contribution in [2.24, 2.45) is 0 Å². The predicted molar refractivity (Wildman–Crippen MR) is 44.9 cm³/mol. The first kappa shape index (κ1) is 9.28. The van der Waals surface area contributed by atoms with E-state index in [0.29, 0.717) is 0 Å². The summed E-state index contributed by atoms with van der Waals surface area (Å²) >= 11 is 2.89. The molecule has 0 saturated carbocycles. The Bertz CT molecular complexity index is 277. The minimum absolute atomic E-state index is 0.134. The molecule has 1 aliphatic rings. The van der Waals surface area contributed by atoms with Crippen LogP contribution in [0, 0.1) is 0 Å². The van der Waals surface area contributed by atoms with Crippen LogP contribution in [0.1, 0.15) is 6.42 Å². The van der Waals surface area contributed by atoms with Crippen molar-refractivity contribution in [2.45, 2.75) is 10.9 Å². The van der Waals surface area contributed by atoms with Crippen LogP contribution in [0.2, 0.25) is 0 Å². The average Bonchev–Trinajstić information content (AvgIpc) is 1.83. The van der Waals surface area contributed by atoms with Gasteiger partial charge in [-0.2, -0.15) is 0 Å². The van der Waals surface area contributed by atoms with E-state index in [1.165, 1.54) is 6.08 Å². The summed E-state index contributed by atoms with van der Waals surface area (Å²) in [5, 5.41) is 26.9. The number of hydrogen-bond donors (Lipinski definition) is 3. The van der Waals surface area contributed by atoms with E-state index in [1.54, 1.807) is 0 Å². The lowest BCUT2D eigenvalue weighted by Gasteiger charge is -2.20. The van der Waals surface area contributed by atoms with E-state index in [2.05, 4.69) is 15.9 Å². The van der Waals surface area contributed by atoms with Crippen LogP contribution in [0.4, 0.5) is 0 Å². The number of hydrogen-bond acceptors (Lipinski definition) is 3. The highest BCUT2D eigenvalue weighted by atomic mass is 79.9. The van der Waals surface area contributed by atoms with E-state index in [0.717, 1.165) is 6.08 Å². The summed E-state index contributed by atoms with van der Waals surface area (Å²) in [6, 6.07) is 0. The van der Waals surface area contributed by atoms with Crippen molar-refractivity contribution >= 4 is 21.9 Å². The van der Waals surface area contributed by atoms with Crippen molar-refractivity contribution < 1.29 is 20.1 Å². The number of aliphatic hydroxyl groups excluding tert-OH is 1. The lowest BCUT2D eigenvalue weighted by atomic mass is 10.0. The zero-order valence-electron chi connectivity index (χ0n) is 5.99. The number of halogens is 1. The largest absolute Gasteiger partial charge is 0.511 e. The van der Waals surface area contributed by atoms with Gasteiger partial charge in [-0.3, -0.25) is 0 Å². The molecular formula is C7H7BrO4. The number of carbonyl (C=O) groups is 1. The van der Waals surface area contributed by atoms with Crippen molar-refractivity contribution in [2.75, 3.05) is 0 Å².